The number of rotatable bonds is 4. The summed E-state index contributed by atoms with van der Waals surface area (Å²) in [5, 5.41) is 3.53. The summed E-state index contributed by atoms with van der Waals surface area (Å²) in [7, 11) is 0. The fraction of sp³-hybridized carbons (Fsp3) is 0.182. The standard InChI is InChI=1S/C22H20N2O/c1-5-14(4)20-22-21(24-12-23-20)19-17(10-13(2)3)16-9-7-6-8-15(16)11-18(19)25-22/h5-9,11-13H,1,4,10H2,2-3H3. The Kier molecular flexibility index (Phi) is 3.65. The van der Waals surface area contributed by atoms with Gasteiger partial charge < -0.3 is 4.42 Å². The molecule has 0 aliphatic rings. The molecule has 124 valence electrons. The fourth-order valence-corrected chi connectivity index (χ4v) is 3.44. The van der Waals surface area contributed by atoms with E-state index in [1.165, 1.54) is 16.3 Å². The lowest BCUT2D eigenvalue weighted by molar-refractivity contribution is 0.650. The summed E-state index contributed by atoms with van der Waals surface area (Å²) in [6, 6.07) is 10.5. The van der Waals surface area contributed by atoms with Gasteiger partial charge in [-0.1, -0.05) is 57.3 Å². The van der Waals surface area contributed by atoms with Gasteiger partial charge in [-0.3, -0.25) is 0 Å². The first kappa shape index (κ1) is 15.6. The van der Waals surface area contributed by atoms with E-state index < -0.39 is 0 Å². The van der Waals surface area contributed by atoms with Crippen LogP contribution in [0.15, 0.2) is 60.3 Å². The number of nitrogens with zero attached hydrogens (tertiary/aromatic N) is 2. The summed E-state index contributed by atoms with van der Waals surface area (Å²) < 4.78 is 6.20. The second-order valence-corrected chi connectivity index (χ2v) is 6.78. The third-order valence-electron chi connectivity index (χ3n) is 4.54. The maximum Gasteiger partial charge on any atom is 0.180 e. The van der Waals surface area contributed by atoms with Crippen LogP contribution in [0.4, 0.5) is 0 Å². The first-order chi connectivity index (χ1) is 12.1. The van der Waals surface area contributed by atoms with E-state index in [9.17, 15) is 0 Å². The molecule has 0 aliphatic heterocycles. The van der Waals surface area contributed by atoms with Crippen molar-refractivity contribution in [2.45, 2.75) is 20.3 Å². The van der Waals surface area contributed by atoms with Crippen LogP contribution in [0.2, 0.25) is 0 Å². The van der Waals surface area contributed by atoms with Crippen LogP contribution in [-0.4, -0.2) is 9.97 Å². The van der Waals surface area contributed by atoms with Crippen LogP contribution in [0.3, 0.4) is 0 Å². The smallest absolute Gasteiger partial charge is 0.180 e. The molecule has 0 saturated carbocycles. The van der Waals surface area contributed by atoms with Gasteiger partial charge in [-0.15, -0.1) is 0 Å². The molecule has 3 heteroatoms. The van der Waals surface area contributed by atoms with Crippen LogP contribution in [0.25, 0.3) is 38.4 Å². The van der Waals surface area contributed by atoms with E-state index in [2.05, 4.69) is 67.3 Å². The predicted octanol–water partition coefficient (Wildman–Crippen LogP) is 5.93. The molecule has 3 nitrogen and oxygen atoms in total. The van der Waals surface area contributed by atoms with E-state index in [1.807, 2.05) is 0 Å². The average molecular weight is 328 g/mol. The maximum absolute atomic E-state index is 6.20. The highest BCUT2D eigenvalue weighted by Gasteiger charge is 2.19. The Morgan fingerprint density at radius 3 is 2.80 bits per heavy atom. The zero-order valence-corrected chi connectivity index (χ0v) is 14.5. The first-order valence-corrected chi connectivity index (χ1v) is 8.49. The normalized spacial score (nSPS) is 11.6. The Hall–Kier alpha value is -2.94. The molecule has 4 rings (SSSR count). The summed E-state index contributed by atoms with van der Waals surface area (Å²) in [5.41, 5.74) is 5.11. The SMILES string of the molecule is C=CC(=C)c1ncnc2c1oc1cc3ccccc3c(CC(C)C)c12. The number of aromatic nitrogens is 2. The van der Waals surface area contributed by atoms with Crippen molar-refractivity contribution in [2.75, 3.05) is 0 Å². The fourth-order valence-electron chi connectivity index (χ4n) is 3.44. The molecule has 4 aromatic rings. The molecule has 0 bridgehead atoms. The van der Waals surface area contributed by atoms with Gasteiger partial charge in [0, 0.05) is 0 Å². The van der Waals surface area contributed by atoms with Crippen molar-refractivity contribution in [1.82, 2.24) is 9.97 Å². The van der Waals surface area contributed by atoms with Crippen LogP contribution in [0, 0.1) is 5.92 Å². The van der Waals surface area contributed by atoms with Crippen molar-refractivity contribution < 1.29 is 4.42 Å². The molecular weight excluding hydrogens is 308 g/mol. The molecule has 0 amide bonds. The van der Waals surface area contributed by atoms with Crippen LogP contribution in [-0.2, 0) is 6.42 Å². The van der Waals surface area contributed by atoms with Crippen molar-refractivity contribution in [3.05, 3.63) is 67.2 Å². The van der Waals surface area contributed by atoms with E-state index in [4.69, 9.17) is 4.42 Å². The number of benzene rings is 2. The molecule has 0 saturated heterocycles. The monoisotopic (exact) mass is 328 g/mol. The highest BCUT2D eigenvalue weighted by atomic mass is 16.3. The average Bonchev–Trinajstić information content (AvgIpc) is 2.98. The molecule has 0 N–H and O–H groups in total. The van der Waals surface area contributed by atoms with Gasteiger partial charge in [-0.2, -0.15) is 0 Å². The summed E-state index contributed by atoms with van der Waals surface area (Å²) in [5.74, 6) is 0.531. The summed E-state index contributed by atoms with van der Waals surface area (Å²) in [6.07, 6.45) is 4.24. The number of hydrogen-bond acceptors (Lipinski definition) is 3. The Labute approximate surface area is 146 Å². The number of fused-ring (bicyclic) bond motifs is 4. The van der Waals surface area contributed by atoms with Crippen LogP contribution in [0.5, 0.6) is 0 Å². The molecule has 2 aromatic carbocycles. The van der Waals surface area contributed by atoms with Crippen LogP contribution >= 0.6 is 0 Å². The van der Waals surface area contributed by atoms with Crippen molar-refractivity contribution in [1.29, 1.82) is 0 Å². The van der Waals surface area contributed by atoms with E-state index in [-0.39, 0.29) is 0 Å². The summed E-state index contributed by atoms with van der Waals surface area (Å²) in [4.78, 5) is 8.90. The van der Waals surface area contributed by atoms with E-state index >= 15 is 0 Å². The Morgan fingerprint density at radius 1 is 1.24 bits per heavy atom. The van der Waals surface area contributed by atoms with E-state index in [1.54, 1.807) is 12.4 Å². The Bertz CT molecular complexity index is 1140. The second-order valence-electron chi connectivity index (χ2n) is 6.78. The van der Waals surface area contributed by atoms with E-state index in [0.29, 0.717) is 17.2 Å². The Balaban J connectivity index is 2.19. The lowest BCUT2D eigenvalue weighted by Gasteiger charge is -2.10. The molecule has 2 heterocycles. The lowest BCUT2D eigenvalue weighted by Crippen LogP contribution is -1.97. The third-order valence-corrected chi connectivity index (χ3v) is 4.54. The van der Waals surface area contributed by atoms with Gasteiger partial charge >= 0.3 is 0 Å². The molecule has 0 fully saturated rings. The van der Waals surface area contributed by atoms with Crippen molar-refractivity contribution in [3.63, 3.8) is 0 Å². The van der Waals surface area contributed by atoms with Gasteiger partial charge in [0.25, 0.3) is 0 Å². The molecule has 0 spiro atoms. The molecule has 0 radical (unpaired) electrons. The van der Waals surface area contributed by atoms with Crippen LogP contribution < -0.4 is 0 Å². The minimum Gasteiger partial charge on any atom is -0.452 e. The maximum atomic E-state index is 6.20. The van der Waals surface area contributed by atoms with Crippen molar-refractivity contribution >= 4 is 38.4 Å². The number of hydrogen-bond donors (Lipinski definition) is 0. The van der Waals surface area contributed by atoms with Gasteiger partial charge in [-0.05, 0) is 40.3 Å². The minimum atomic E-state index is 0.531. The van der Waals surface area contributed by atoms with Crippen LogP contribution in [0.1, 0.15) is 25.1 Å². The highest BCUT2D eigenvalue weighted by Crippen LogP contribution is 2.38. The number of allylic oxidation sites excluding steroid dienone is 2. The zero-order chi connectivity index (χ0) is 17.6. The van der Waals surface area contributed by atoms with Crippen molar-refractivity contribution in [2.24, 2.45) is 5.92 Å². The largest absolute Gasteiger partial charge is 0.452 e. The Morgan fingerprint density at radius 2 is 2.04 bits per heavy atom. The molecule has 0 unspecified atom stereocenters. The molecule has 0 aliphatic carbocycles. The first-order valence-electron chi connectivity index (χ1n) is 8.49. The molecule has 2 aromatic heterocycles. The molecular formula is C22H20N2O. The topological polar surface area (TPSA) is 38.9 Å². The lowest BCUT2D eigenvalue weighted by atomic mass is 9.93. The zero-order valence-electron chi connectivity index (χ0n) is 14.5. The van der Waals surface area contributed by atoms with Gasteiger partial charge in [0.15, 0.2) is 5.58 Å². The van der Waals surface area contributed by atoms with Gasteiger partial charge in [0.05, 0.1) is 5.39 Å². The van der Waals surface area contributed by atoms with Crippen molar-refractivity contribution in [3.8, 4) is 0 Å². The summed E-state index contributed by atoms with van der Waals surface area (Å²) >= 11 is 0. The van der Waals surface area contributed by atoms with Gasteiger partial charge in [0.2, 0.25) is 0 Å². The number of furan rings is 1. The highest BCUT2D eigenvalue weighted by molar-refractivity contribution is 6.12. The third kappa shape index (κ3) is 2.43. The van der Waals surface area contributed by atoms with Gasteiger partial charge in [0.1, 0.15) is 23.1 Å². The van der Waals surface area contributed by atoms with E-state index in [0.717, 1.165) is 28.5 Å². The minimum absolute atomic E-state index is 0.531. The second kappa shape index (κ2) is 5.85. The quantitative estimate of drug-likeness (QED) is 0.436. The molecule has 0 atom stereocenters. The summed E-state index contributed by atoms with van der Waals surface area (Å²) in [6.45, 7) is 12.3. The predicted molar refractivity (Wildman–Crippen MR) is 105 cm³/mol. The molecule has 25 heavy (non-hydrogen) atoms. The van der Waals surface area contributed by atoms with Gasteiger partial charge in [-0.25, -0.2) is 9.97 Å².